The SMILES string of the molecule is C=CCn1c(SCC(=O)c2ccc(C(C)CC)cc2)nnc1-c1ccoc1C. The summed E-state index contributed by atoms with van der Waals surface area (Å²) in [4.78, 5) is 12.6. The van der Waals surface area contributed by atoms with E-state index in [2.05, 4.69) is 30.6 Å². The van der Waals surface area contributed by atoms with Crippen LogP contribution in [0.2, 0.25) is 0 Å². The molecule has 0 N–H and O–H groups in total. The van der Waals surface area contributed by atoms with Gasteiger partial charge in [-0.25, -0.2) is 0 Å². The smallest absolute Gasteiger partial charge is 0.192 e. The van der Waals surface area contributed by atoms with Gasteiger partial charge in [0.15, 0.2) is 16.8 Å². The summed E-state index contributed by atoms with van der Waals surface area (Å²) in [5, 5.41) is 9.28. The predicted octanol–water partition coefficient (Wildman–Crippen LogP) is 5.52. The van der Waals surface area contributed by atoms with Crippen molar-refractivity contribution in [1.82, 2.24) is 14.8 Å². The number of hydrogen-bond acceptors (Lipinski definition) is 5. The summed E-state index contributed by atoms with van der Waals surface area (Å²) in [5.74, 6) is 2.39. The fraction of sp³-hybridized carbons (Fsp3) is 0.318. The zero-order valence-electron chi connectivity index (χ0n) is 16.5. The van der Waals surface area contributed by atoms with Crippen molar-refractivity contribution in [2.45, 2.75) is 44.8 Å². The number of ketones is 1. The molecule has 0 spiro atoms. The molecule has 0 saturated heterocycles. The molecule has 0 fully saturated rings. The molecule has 0 radical (unpaired) electrons. The Kier molecular flexibility index (Phi) is 6.52. The highest BCUT2D eigenvalue weighted by atomic mass is 32.2. The average molecular weight is 396 g/mol. The Morgan fingerprint density at radius 3 is 2.64 bits per heavy atom. The van der Waals surface area contributed by atoms with Crippen molar-refractivity contribution in [2.75, 3.05) is 5.75 Å². The minimum Gasteiger partial charge on any atom is -0.469 e. The predicted molar refractivity (Wildman–Crippen MR) is 113 cm³/mol. The lowest BCUT2D eigenvalue weighted by Crippen LogP contribution is -2.06. The number of benzene rings is 1. The Bertz CT molecular complexity index is 957. The molecule has 3 rings (SSSR count). The van der Waals surface area contributed by atoms with Gasteiger partial charge in [-0.2, -0.15) is 0 Å². The van der Waals surface area contributed by atoms with Crippen molar-refractivity contribution < 1.29 is 9.21 Å². The van der Waals surface area contributed by atoms with Crippen LogP contribution < -0.4 is 0 Å². The largest absolute Gasteiger partial charge is 0.469 e. The van der Waals surface area contributed by atoms with Crippen LogP contribution in [0.3, 0.4) is 0 Å². The minimum atomic E-state index is 0.0786. The van der Waals surface area contributed by atoms with Crippen molar-refractivity contribution in [3.8, 4) is 11.4 Å². The maximum absolute atomic E-state index is 12.6. The van der Waals surface area contributed by atoms with E-state index in [-0.39, 0.29) is 5.78 Å². The van der Waals surface area contributed by atoms with Gasteiger partial charge in [-0.05, 0) is 30.9 Å². The van der Waals surface area contributed by atoms with E-state index >= 15 is 0 Å². The van der Waals surface area contributed by atoms with E-state index < -0.39 is 0 Å². The quantitative estimate of drug-likeness (QED) is 0.271. The summed E-state index contributed by atoms with van der Waals surface area (Å²) in [5.41, 5.74) is 2.88. The van der Waals surface area contributed by atoms with Crippen molar-refractivity contribution in [1.29, 1.82) is 0 Å². The number of Topliss-reactive ketones (excluding diaryl/α,β-unsaturated/α-hetero) is 1. The summed E-state index contributed by atoms with van der Waals surface area (Å²) in [6.45, 7) is 10.6. The number of carbonyl (C=O) groups is 1. The number of allylic oxidation sites excluding steroid dienone is 1. The van der Waals surface area contributed by atoms with Crippen LogP contribution in [0.5, 0.6) is 0 Å². The maximum Gasteiger partial charge on any atom is 0.192 e. The summed E-state index contributed by atoms with van der Waals surface area (Å²) in [7, 11) is 0. The van der Waals surface area contributed by atoms with Gasteiger partial charge in [0.1, 0.15) is 5.76 Å². The molecule has 2 heterocycles. The second kappa shape index (κ2) is 9.06. The highest BCUT2D eigenvalue weighted by Crippen LogP contribution is 2.27. The third kappa shape index (κ3) is 4.28. The van der Waals surface area contributed by atoms with Crippen molar-refractivity contribution in [3.05, 3.63) is 66.1 Å². The Balaban J connectivity index is 1.73. The van der Waals surface area contributed by atoms with Gasteiger partial charge in [-0.1, -0.05) is 56.0 Å². The third-order valence-corrected chi connectivity index (χ3v) is 5.84. The number of carbonyl (C=O) groups excluding carboxylic acids is 1. The van der Waals surface area contributed by atoms with Crippen molar-refractivity contribution >= 4 is 17.5 Å². The third-order valence-electron chi connectivity index (χ3n) is 4.87. The summed E-state index contributed by atoms with van der Waals surface area (Å²) < 4.78 is 7.34. The Morgan fingerprint density at radius 2 is 2.04 bits per heavy atom. The molecule has 0 aliphatic carbocycles. The van der Waals surface area contributed by atoms with Crippen LogP contribution in [-0.2, 0) is 6.54 Å². The van der Waals surface area contributed by atoms with Crippen LogP contribution >= 0.6 is 11.8 Å². The number of aryl methyl sites for hydroxylation is 1. The molecular formula is C22H25N3O2S. The molecule has 1 unspecified atom stereocenters. The Morgan fingerprint density at radius 1 is 1.29 bits per heavy atom. The van der Waals surface area contributed by atoms with Gasteiger partial charge in [0, 0.05) is 12.1 Å². The van der Waals surface area contributed by atoms with Crippen molar-refractivity contribution in [3.63, 3.8) is 0 Å². The maximum atomic E-state index is 12.6. The monoisotopic (exact) mass is 395 g/mol. The van der Waals surface area contributed by atoms with Gasteiger partial charge < -0.3 is 4.42 Å². The molecule has 28 heavy (non-hydrogen) atoms. The Labute approximate surface area is 169 Å². The van der Waals surface area contributed by atoms with Gasteiger partial charge in [0.05, 0.1) is 17.6 Å². The molecule has 0 aliphatic rings. The standard InChI is InChI=1S/C22H25N3O2S/c1-5-12-25-21(19-11-13-27-16(19)4)23-24-22(25)28-14-20(26)18-9-7-17(8-10-18)15(3)6-2/h5,7-11,13,15H,1,6,12,14H2,2-4H3. The molecule has 6 heteroatoms. The van der Waals surface area contributed by atoms with Crippen LogP contribution in [-0.4, -0.2) is 26.3 Å². The molecule has 0 amide bonds. The number of nitrogens with zero attached hydrogens (tertiary/aromatic N) is 3. The number of hydrogen-bond donors (Lipinski definition) is 0. The molecule has 0 saturated carbocycles. The van der Waals surface area contributed by atoms with Gasteiger partial charge in [-0.3, -0.25) is 9.36 Å². The number of thioether (sulfide) groups is 1. The van der Waals surface area contributed by atoms with Gasteiger partial charge in [0.25, 0.3) is 0 Å². The first-order valence-corrected chi connectivity index (χ1v) is 10.4. The van der Waals surface area contributed by atoms with Crippen LogP contribution in [0.1, 0.15) is 47.9 Å². The summed E-state index contributed by atoms with van der Waals surface area (Å²) in [6.07, 6.45) is 4.51. The van der Waals surface area contributed by atoms with E-state index in [0.29, 0.717) is 23.4 Å². The van der Waals surface area contributed by atoms with E-state index in [1.165, 1.54) is 17.3 Å². The topological polar surface area (TPSA) is 60.9 Å². The molecule has 1 atom stereocenters. The van der Waals surface area contributed by atoms with Crippen molar-refractivity contribution in [2.24, 2.45) is 0 Å². The van der Waals surface area contributed by atoms with Crippen LogP contribution in [0, 0.1) is 6.92 Å². The summed E-state index contributed by atoms with van der Waals surface area (Å²) >= 11 is 1.39. The molecule has 5 nitrogen and oxygen atoms in total. The minimum absolute atomic E-state index is 0.0786. The first-order valence-electron chi connectivity index (χ1n) is 9.39. The molecule has 2 aromatic heterocycles. The van der Waals surface area contributed by atoms with Gasteiger partial charge in [0.2, 0.25) is 0 Å². The zero-order valence-corrected chi connectivity index (χ0v) is 17.3. The first-order chi connectivity index (χ1) is 13.5. The number of aromatic nitrogens is 3. The van der Waals surface area contributed by atoms with Gasteiger partial charge in [-0.15, -0.1) is 16.8 Å². The van der Waals surface area contributed by atoms with E-state index in [1.54, 1.807) is 12.3 Å². The molecule has 0 bridgehead atoms. The molecule has 1 aromatic carbocycles. The van der Waals surface area contributed by atoms with Crippen LogP contribution in [0.15, 0.2) is 58.8 Å². The number of rotatable bonds is 9. The lowest BCUT2D eigenvalue weighted by Gasteiger charge is -2.09. The van der Waals surface area contributed by atoms with E-state index in [9.17, 15) is 4.79 Å². The molecular weight excluding hydrogens is 370 g/mol. The van der Waals surface area contributed by atoms with E-state index in [1.807, 2.05) is 41.8 Å². The molecule has 0 aliphatic heterocycles. The molecule has 146 valence electrons. The Hall–Kier alpha value is -2.60. The number of furan rings is 1. The second-order valence-corrected chi connectivity index (χ2v) is 7.68. The lowest BCUT2D eigenvalue weighted by molar-refractivity contribution is 0.102. The van der Waals surface area contributed by atoms with E-state index in [4.69, 9.17) is 4.42 Å². The fourth-order valence-electron chi connectivity index (χ4n) is 2.95. The summed E-state index contributed by atoms with van der Waals surface area (Å²) in [6, 6.07) is 9.80. The van der Waals surface area contributed by atoms with Crippen LogP contribution in [0.4, 0.5) is 0 Å². The van der Waals surface area contributed by atoms with E-state index in [0.717, 1.165) is 29.1 Å². The fourth-order valence-corrected chi connectivity index (χ4v) is 3.79. The normalized spacial score (nSPS) is 12.1. The molecule has 3 aromatic rings. The van der Waals surface area contributed by atoms with Gasteiger partial charge >= 0.3 is 0 Å². The first kappa shape index (κ1) is 20.1. The second-order valence-electron chi connectivity index (χ2n) is 6.74. The highest BCUT2D eigenvalue weighted by Gasteiger charge is 2.18. The zero-order chi connectivity index (χ0) is 20.1. The highest BCUT2D eigenvalue weighted by molar-refractivity contribution is 7.99. The van der Waals surface area contributed by atoms with Crippen LogP contribution in [0.25, 0.3) is 11.4 Å². The lowest BCUT2D eigenvalue weighted by atomic mass is 9.97. The average Bonchev–Trinajstić information content (AvgIpc) is 3.31.